The van der Waals surface area contributed by atoms with Gasteiger partial charge in [0, 0.05) is 50.9 Å². The molecule has 154 valence electrons. The van der Waals surface area contributed by atoms with Gasteiger partial charge in [-0.2, -0.15) is 0 Å². The number of hydrogen-bond acceptors (Lipinski definition) is 6. The Hall–Kier alpha value is -3.13. The summed E-state index contributed by atoms with van der Waals surface area (Å²) in [5.41, 5.74) is 1.98. The van der Waals surface area contributed by atoms with Crippen molar-refractivity contribution in [2.45, 2.75) is 13.0 Å². The highest BCUT2D eigenvalue weighted by Crippen LogP contribution is 2.32. The Morgan fingerprint density at radius 2 is 1.90 bits per heavy atom. The summed E-state index contributed by atoms with van der Waals surface area (Å²) < 4.78 is 5.32. The van der Waals surface area contributed by atoms with Crippen LogP contribution in [0, 0.1) is 10.1 Å². The molecule has 1 N–H and O–H groups in total. The third-order valence-electron chi connectivity index (χ3n) is 5.44. The van der Waals surface area contributed by atoms with Crippen LogP contribution in [0.2, 0.25) is 0 Å². The van der Waals surface area contributed by atoms with Gasteiger partial charge in [-0.15, -0.1) is 0 Å². The molecule has 0 radical (unpaired) electrons. The number of amides is 1. The van der Waals surface area contributed by atoms with Crippen LogP contribution in [-0.2, 0) is 0 Å². The zero-order chi connectivity index (χ0) is 21.0. The fourth-order valence-electron chi connectivity index (χ4n) is 3.68. The molecular formula is C21H26N4O4. The van der Waals surface area contributed by atoms with Crippen molar-refractivity contribution < 1.29 is 14.5 Å². The first-order chi connectivity index (χ1) is 13.9. The van der Waals surface area contributed by atoms with Gasteiger partial charge in [-0.05, 0) is 36.8 Å². The number of benzene rings is 2. The summed E-state index contributed by atoms with van der Waals surface area (Å²) >= 11 is 0. The average Bonchev–Trinajstić information content (AvgIpc) is 2.77. The second-order valence-electron chi connectivity index (χ2n) is 7.02. The monoisotopic (exact) mass is 398 g/mol. The topological polar surface area (TPSA) is 88.0 Å². The number of nitrogens with one attached hydrogen (secondary N) is 1. The Labute approximate surface area is 170 Å². The summed E-state index contributed by atoms with van der Waals surface area (Å²) in [6.07, 6.45) is 0. The van der Waals surface area contributed by atoms with E-state index in [1.807, 2.05) is 23.1 Å². The van der Waals surface area contributed by atoms with Crippen LogP contribution in [-0.4, -0.2) is 56.1 Å². The van der Waals surface area contributed by atoms with E-state index in [4.69, 9.17) is 4.74 Å². The maximum atomic E-state index is 11.8. The molecule has 0 aliphatic carbocycles. The van der Waals surface area contributed by atoms with E-state index in [1.165, 1.54) is 18.7 Å². The number of carbonyl (C=O) groups is 1. The third kappa shape index (κ3) is 4.48. The summed E-state index contributed by atoms with van der Waals surface area (Å²) in [6.45, 7) is 5.08. The van der Waals surface area contributed by atoms with Crippen LogP contribution in [0.15, 0.2) is 42.5 Å². The van der Waals surface area contributed by atoms with Gasteiger partial charge in [0.05, 0.1) is 12.0 Å². The molecule has 1 aliphatic heterocycles. The van der Waals surface area contributed by atoms with E-state index in [9.17, 15) is 14.9 Å². The summed E-state index contributed by atoms with van der Waals surface area (Å²) in [5.74, 6) is 0.497. The summed E-state index contributed by atoms with van der Waals surface area (Å²) in [5, 5.41) is 14.1. The van der Waals surface area contributed by atoms with Crippen LogP contribution in [0.4, 0.5) is 11.4 Å². The highest BCUT2D eigenvalue weighted by molar-refractivity contribution is 5.95. The van der Waals surface area contributed by atoms with Crippen LogP contribution in [0.5, 0.6) is 5.75 Å². The lowest BCUT2D eigenvalue weighted by atomic mass is 10.1. The number of piperazine rings is 1. The fourth-order valence-corrected chi connectivity index (χ4v) is 3.68. The van der Waals surface area contributed by atoms with E-state index in [0.717, 1.165) is 18.8 Å². The van der Waals surface area contributed by atoms with Gasteiger partial charge < -0.3 is 15.0 Å². The van der Waals surface area contributed by atoms with Crippen LogP contribution in [0.25, 0.3) is 0 Å². The highest BCUT2D eigenvalue weighted by atomic mass is 16.6. The van der Waals surface area contributed by atoms with E-state index in [0.29, 0.717) is 18.8 Å². The molecular weight excluding hydrogens is 372 g/mol. The standard InChI is InChI=1S/C21H26N4O4/c1-15(16-5-4-6-18(13-16)29-3)23-9-11-24(12-10-23)19-8-7-17(21(26)22-2)14-20(19)25(27)28/h4-8,13-15H,9-12H2,1-3H3,(H,22,26). The quantitative estimate of drug-likeness (QED) is 0.595. The molecule has 0 saturated carbocycles. The molecule has 0 aromatic heterocycles. The maximum Gasteiger partial charge on any atom is 0.293 e. The smallest absolute Gasteiger partial charge is 0.293 e. The molecule has 1 saturated heterocycles. The molecule has 1 atom stereocenters. The summed E-state index contributed by atoms with van der Waals surface area (Å²) in [4.78, 5) is 27.3. The molecule has 3 rings (SSSR count). The number of methoxy groups -OCH3 is 1. The van der Waals surface area contributed by atoms with E-state index in [1.54, 1.807) is 19.2 Å². The molecule has 0 bridgehead atoms. The van der Waals surface area contributed by atoms with Gasteiger partial charge in [-0.3, -0.25) is 19.8 Å². The van der Waals surface area contributed by atoms with Crippen molar-refractivity contribution in [1.82, 2.24) is 10.2 Å². The minimum atomic E-state index is -0.424. The number of hydrogen-bond donors (Lipinski definition) is 1. The Balaban J connectivity index is 1.73. The number of nitrogens with zero attached hydrogens (tertiary/aromatic N) is 3. The molecule has 0 spiro atoms. The predicted octanol–water partition coefficient (Wildman–Crippen LogP) is 2.85. The molecule has 1 fully saturated rings. The van der Waals surface area contributed by atoms with Gasteiger partial charge in [0.25, 0.3) is 11.6 Å². The van der Waals surface area contributed by atoms with Crippen molar-refractivity contribution in [2.24, 2.45) is 0 Å². The first-order valence-corrected chi connectivity index (χ1v) is 9.58. The van der Waals surface area contributed by atoms with Crippen LogP contribution in [0.1, 0.15) is 28.9 Å². The molecule has 1 amide bonds. The lowest BCUT2D eigenvalue weighted by Crippen LogP contribution is -2.47. The van der Waals surface area contributed by atoms with E-state index in [2.05, 4.69) is 23.2 Å². The van der Waals surface area contributed by atoms with E-state index < -0.39 is 4.92 Å². The van der Waals surface area contributed by atoms with Crippen LogP contribution in [0.3, 0.4) is 0 Å². The minimum absolute atomic E-state index is 0.0413. The fraction of sp³-hybridized carbons (Fsp3) is 0.381. The van der Waals surface area contributed by atoms with Gasteiger partial charge >= 0.3 is 0 Å². The van der Waals surface area contributed by atoms with Crippen molar-refractivity contribution in [3.63, 3.8) is 0 Å². The number of anilines is 1. The Morgan fingerprint density at radius 1 is 1.17 bits per heavy atom. The molecule has 29 heavy (non-hydrogen) atoms. The molecule has 1 unspecified atom stereocenters. The Morgan fingerprint density at radius 3 is 2.52 bits per heavy atom. The highest BCUT2D eigenvalue weighted by Gasteiger charge is 2.27. The Bertz CT molecular complexity index is 894. The zero-order valence-electron chi connectivity index (χ0n) is 16.9. The van der Waals surface area contributed by atoms with Crippen LogP contribution >= 0.6 is 0 Å². The van der Waals surface area contributed by atoms with Gasteiger partial charge in [0.2, 0.25) is 0 Å². The Kier molecular flexibility index (Phi) is 6.33. The predicted molar refractivity (Wildman–Crippen MR) is 112 cm³/mol. The SMILES string of the molecule is CNC(=O)c1ccc(N2CCN(C(C)c3cccc(OC)c3)CC2)c([N+](=O)[O-])c1. The second-order valence-corrected chi connectivity index (χ2v) is 7.02. The van der Waals surface area contributed by atoms with Gasteiger partial charge in [0.1, 0.15) is 11.4 Å². The second kappa shape index (κ2) is 8.91. The first-order valence-electron chi connectivity index (χ1n) is 9.58. The zero-order valence-corrected chi connectivity index (χ0v) is 16.9. The molecule has 8 heteroatoms. The largest absolute Gasteiger partial charge is 0.497 e. The number of nitro groups is 1. The summed E-state index contributed by atoms with van der Waals surface area (Å²) in [7, 11) is 3.16. The maximum absolute atomic E-state index is 11.8. The third-order valence-corrected chi connectivity index (χ3v) is 5.44. The number of rotatable bonds is 6. The first kappa shape index (κ1) is 20.6. The van der Waals surface area contributed by atoms with Crippen molar-refractivity contribution in [3.8, 4) is 5.75 Å². The number of carbonyl (C=O) groups excluding carboxylic acids is 1. The van der Waals surface area contributed by atoms with Crippen molar-refractivity contribution in [3.05, 3.63) is 63.7 Å². The van der Waals surface area contributed by atoms with E-state index in [-0.39, 0.29) is 23.2 Å². The summed E-state index contributed by atoms with van der Waals surface area (Å²) in [6, 6.07) is 12.9. The van der Waals surface area contributed by atoms with Crippen molar-refractivity contribution in [2.75, 3.05) is 45.2 Å². The molecule has 8 nitrogen and oxygen atoms in total. The van der Waals surface area contributed by atoms with Gasteiger partial charge in [0.15, 0.2) is 0 Å². The number of nitro benzene ring substituents is 1. The lowest BCUT2D eigenvalue weighted by Gasteiger charge is -2.39. The lowest BCUT2D eigenvalue weighted by molar-refractivity contribution is -0.384. The average molecular weight is 398 g/mol. The van der Waals surface area contributed by atoms with Crippen LogP contribution < -0.4 is 15.0 Å². The molecule has 2 aromatic carbocycles. The van der Waals surface area contributed by atoms with Crippen molar-refractivity contribution >= 4 is 17.3 Å². The van der Waals surface area contributed by atoms with Crippen molar-refractivity contribution in [1.29, 1.82) is 0 Å². The van der Waals surface area contributed by atoms with Gasteiger partial charge in [-0.25, -0.2) is 0 Å². The molecule has 2 aromatic rings. The van der Waals surface area contributed by atoms with E-state index >= 15 is 0 Å². The normalized spacial score (nSPS) is 15.6. The van der Waals surface area contributed by atoms with Gasteiger partial charge in [-0.1, -0.05) is 12.1 Å². The molecule has 1 aliphatic rings. The molecule has 1 heterocycles. The minimum Gasteiger partial charge on any atom is -0.497 e. The number of ether oxygens (including phenoxy) is 1.